The van der Waals surface area contributed by atoms with Gasteiger partial charge >= 0.3 is 0 Å². The van der Waals surface area contributed by atoms with Gasteiger partial charge in [0.25, 0.3) is 5.91 Å². The normalized spacial score (nSPS) is 31.1. The number of piperidine rings is 1. The molecule has 2 fully saturated rings. The molecule has 0 aromatic heterocycles. The number of carbonyl (C=O) groups excluding carboxylic acids is 2. The minimum Gasteiger partial charge on any atom is -0.342 e. The number of hydroxylamine groups is 1. The van der Waals surface area contributed by atoms with Crippen molar-refractivity contribution in [1.29, 1.82) is 0 Å². The molecule has 15 heavy (non-hydrogen) atoms. The van der Waals surface area contributed by atoms with Gasteiger partial charge in [0.1, 0.15) is 12.6 Å². The summed E-state index contributed by atoms with van der Waals surface area (Å²) in [5.41, 5.74) is 2.21. The minimum atomic E-state index is -0.528. The van der Waals surface area contributed by atoms with Crippen LogP contribution in [0.3, 0.4) is 0 Å². The van der Waals surface area contributed by atoms with Crippen LogP contribution in [0.25, 0.3) is 0 Å². The van der Waals surface area contributed by atoms with E-state index in [0.29, 0.717) is 6.54 Å². The molecular formula is C9H15N3O3. The maximum atomic E-state index is 11.7. The summed E-state index contributed by atoms with van der Waals surface area (Å²) in [5.74, 6) is -0.355. The average molecular weight is 213 g/mol. The molecule has 0 radical (unpaired) electrons. The van der Waals surface area contributed by atoms with Crippen LogP contribution in [-0.2, 0) is 14.4 Å². The van der Waals surface area contributed by atoms with Crippen molar-refractivity contribution in [1.82, 2.24) is 16.1 Å². The van der Waals surface area contributed by atoms with Gasteiger partial charge in [0, 0.05) is 6.54 Å². The smallest absolute Gasteiger partial charge is 0.268 e. The maximum Gasteiger partial charge on any atom is 0.268 e. The molecular weight excluding hydrogens is 198 g/mol. The van der Waals surface area contributed by atoms with Gasteiger partial charge in [-0.25, -0.2) is 5.48 Å². The third kappa shape index (κ3) is 2.45. The Kier molecular flexibility index (Phi) is 3.17. The van der Waals surface area contributed by atoms with Crippen molar-refractivity contribution in [3.05, 3.63) is 0 Å². The zero-order valence-electron chi connectivity index (χ0n) is 8.41. The van der Waals surface area contributed by atoms with Gasteiger partial charge in [-0.2, -0.15) is 0 Å². The van der Waals surface area contributed by atoms with Gasteiger partial charge < -0.3 is 10.6 Å². The van der Waals surface area contributed by atoms with Crippen molar-refractivity contribution >= 4 is 11.8 Å². The fourth-order valence-corrected chi connectivity index (χ4v) is 1.82. The highest BCUT2D eigenvalue weighted by atomic mass is 16.7. The number of carbonyl (C=O) groups is 2. The number of amides is 2. The standard InChI is InChI=1S/C9H15N3O3/c13-8(6-2-1-3-10-4-6)11-7-5-15-12-9(7)14/h6-7,10H,1-5H2,(H,11,13)(H,12,14)/t6-,7-/m1/s1. The Labute approximate surface area is 87.7 Å². The molecule has 2 rings (SSSR count). The van der Waals surface area contributed by atoms with Crippen LogP contribution in [0.5, 0.6) is 0 Å². The molecule has 2 aliphatic rings. The van der Waals surface area contributed by atoms with Gasteiger partial charge in [-0.3, -0.25) is 14.4 Å². The molecule has 6 nitrogen and oxygen atoms in total. The summed E-state index contributed by atoms with van der Waals surface area (Å²) in [6.07, 6.45) is 1.89. The molecule has 0 spiro atoms. The molecule has 84 valence electrons. The molecule has 2 amide bonds. The third-order valence-corrected chi connectivity index (χ3v) is 2.72. The van der Waals surface area contributed by atoms with Crippen LogP contribution < -0.4 is 16.1 Å². The predicted octanol–water partition coefficient (Wildman–Crippen LogP) is -1.47. The maximum absolute atomic E-state index is 11.7. The fraction of sp³-hybridized carbons (Fsp3) is 0.778. The first-order chi connectivity index (χ1) is 7.27. The van der Waals surface area contributed by atoms with E-state index in [-0.39, 0.29) is 24.3 Å². The minimum absolute atomic E-state index is 0.0212. The second-order valence-corrected chi connectivity index (χ2v) is 3.88. The van der Waals surface area contributed by atoms with Crippen molar-refractivity contribution in [2.75, 3.05) is 19.7 Å². The molecule has 0 unspecified atom stereocenters. The van der Waals surface area contributed by atoms with Crippen LogP contribution in [0.15, 0.2) is 0 Å². The van der Waals surface area contributed by atoms with Crippen LogP contribution >= 0.6 is 0 Å². The summed E-state index contributed by atoms with van der Waals surface area (Å²) in [6.45, 7) is 1.88. The van der Waals surface area contributed by atoms with Gasteiger partial charge in [0.15, 0.2) is 0 Å². The predicted molar refractivity (Wildman–Crippen MR) is 51.6 cm³/mol. The molecule has 3 N–H and O–H groups in total. The zero-order valence-corrected chi connectivity index (χ0v) is 8.41. The first kappa shape index (κ1) is 10.4. The van der Waals surface area contributed by atoms with Crippen LogP contribution in [-0.4, -0.2) is 37.6 Å². The molecule has 6 heteroatoms. The van der Waals surface area contributed by atoms with E-state index in [0.717, 1.165) is 19.4 Å². The Balaban J connectivity index is 1.82. The van der Waals surface area contributed by atoms with Crippen molar-refractivity contribution in [2.24, 2.45) is 5.92 Å². The quantitative estimate of drug-likeness (QED) is 0.523. The van der Waals surface area contributed by atoms with E-state index < -0.39 is 6.04 Å². The van der Waals surface area contributed by atoms with Crippen molar-refractivity contribution in [3.8, 4) is 0 Å². The first-order valence-electron chi connectivity index (χ1n) is 5.20. The highest BCUT2D eigenvalue weighted by Crippen LogP contribution is 2.10. The molecule has 0 aromatic rings. The number of nitrogens with one attached hydrogen (secondary N) is 3. The summed E-state index contributed by atoms with van der Waals surface area (Å²) < 4.78 is 0. The van der Waals surface area contributed by atoms with E-state index in [1.165, 1.54) is 0 Å². The van der Waals surface area contributed by atoms with Gasteiger partial charge in [-0.1, -0.05) is 0 Å². The molecule has 2 aliphatic heterocycles. The summed E-state index contributed by atoms with van der Waals surface area (Å²) in [6, 6.07) is -0.528. The zero-order chi connectivity index (χ0) is 10.7. The summed E-state index contributed by atoms with van der Waals surface area (Å²) >= 11 is 0. The third-order valence-electron chi connectivity index (χ3n) is 2.72. The molecule has 0 aromatic carbocycles. The van der Waals surface area contributed by atoms with Gasteiger partial charge in [-0.05, 0) is 19.4 Å². The van der Waals surface area contributed by atoms with Gasteiger partial charge in [-0.15, -0.1) is 0 Å². The Morgan fingerprint density at radius 2 is 2.40 bits per heavy atom. The van der Waals surface area contributed by atoms with E-state index in [4.69, 9.17) is 4.84 Å². The second-order valence-electron chi connectivity index (χ2n) is 3.88. The Morgan fingerprint density at radius 3 is 3.00 bits per heavy atom. The lowest BCUT2D eigenvalue weighted by Crippen LogP contribution is -2.47. The van der Waals surface area contributed by atoms with Crippen LogP contribution in [0.4, 0.5) is 0 Å². The van der Waals surface area contributed by atoms with Crippen molar-refractivity contribution in [2.45, 2.75) is 18.9 Å². The van der Waals surface area contributed by atoms with Crippen molar-refractivity contribution in [3.63, 3.8) is 0 Å². The summed E-state index contributed by atoms with van der Waals surface area (Å²) in [7, 11) is 0. The highest BCUT2D eigenvalue weighted by molar-refractivity contribution is 5.89. The lowest BCUT2D eigenvalue weighted by atomic mass is 9.98. The molecule has 0 bridgehead atoms. The Bertz CT molecular complexity index is 263. The van der Waals surface area contributed by atoms with E-state index in [9.17, 15) is 9.59 Å². The lowest BCUT2D eigenvalue weighted by Gasteiger charge is -2.22. The lowest BCUT2D eigenvalue weighted by molar-refractivity contribution is -0.130. The topological polar surface area (TPSA) is 79.5 Å². The van der Waals surface area contributed by atoms with Crippen molar-refractivity contribution < 1.29 is 14.4 Å². The van der Waals surface area contributed by atoms with Crippen LogP contribution in [0.2, 0.25) is 0 Å². The summed E-state index contributed by atoms with van der Waals surface area (Å²) in [5, 5.41) is 5.84. The Morgan fingerprint density at radius 1 is 1.53 bits per heavy atom. The SMILES string of the molecule is O=C(N[C@@H]1CONC1=O)[C@@H]1CCCNC1. The van der Waals surface area contributed by atoms with E-state index in [1.807, 2.05) is 0 Å². The van der Waals surface area contributed by atoms with Gasteiger partial charge in [0.2, 0.25) is 5.91 Å². The molecule has 0 saturated carbocycles. The number of hydrogen-bond acceptors (Lipinski definition) is 4. The van der Waals surface area contributed by atoms with Gasteiger partial charge in [0.05, 0.1) is 5.92 Å². The molecule has 2 heterocycles. The van der Waals surface area contributed by atoms with E-state index in [1.54, 1.807) is 0 Å². The summed E-state index contributed by atoms with van der Waals surface area (Å²) in [4.78, 5) is 27.6. The first-order valence-corrected chi connectivity index (χ1v) is 5.20. The van der Waals surface area contributed by atoms with E-state index in [2.05, 4.69) is 16.1 Å². The molecule has 2 saturated heterocycles. The fourth-order valence-electron chi connectivity index (χ4n) is 1.82. The number of rotatable bonds is 2. The average Bonchev–Trinajstić information content (AvgIpc) is 2.66. The van der Waals surface area contributed by atoms with E-state index >= 15 is 0 Å². The monoisotopic (exact) mass is 213 g/mol. The Hall–Kier alpha value is -1.14. The molecule has 2 atom stereocenters. The largest absolute Gasteiger partial charge is 0.342 e. The molecule has 0 aliphatic carbocycles. The number of hydrogen-bond donors (Lipinski definition) is 3. The van der Waals surface area contributed by atoms with Crippen LogP contribution in [0.1, 0.15) is 12.8 Å². The second kappa shape index (κ2) is 4.59. The van der Waals surface area contributed by atoms with Crippen LogP contribution in [0, 0.1) is 5.92 Å². The highest BCUT2D eigenvalue weighted by Gasteiger charge is 2.30.